The molecular weight excluding hydrogens is 278 g/mol. The van der Waals surface area contributed by atoms with Crippen molar-refractivity contribution >= 4 is 10.8 Å². The maximum atomic E-state index is 12.5. The van der Waals surface area contributed by atoms with Crippen LogP contribution in [-0.4, -0.2) is 24.4 Å². The van der Waals surface area contributed by atoms with Gasteiger partial charge in [0, 0.05) is 24.7 Å². The van der Waals surface area contributed by atoms with Crippen LogP contribution < -0.4 is 10.3 Å². The monoisotopic (exact) mass is 303 g/mol. The molecule has 0 saturated heterocycles. The van der Waals surface area contributed by atoms with E-state index in [0.29, 0.717) is 37.7 Å². The fraction of sp³-hybridized carbons (Fsp3) is 0.500. The van der Waals surface area contributed by atoms with Crippen LogP contribution in [0.15, 0.2) is 35.3 Å². The van der Waals surface area contributed by atoms with E-state index in [4.69, 9.17) is 9.47 Å². The molecule has 0 radical (unpaired) electrons. The van der Waals surface area contributed by atoms with E-state index in [9.17, 15) is 4.79 Å². The smallest absolute Gasteiger partial charge is 0.258 e. The predicted octanol–water partition coefficient (Wildman–Crippen LogP) is 3.46. The zero-order valence-corrected chi connectivity index (χ0v) is 13.7. The molecule has 1 aromatic carbocycles. The summed E-state index contributed by atoms with van der Waals surface area (Å²) >= 11 is 0. The fourth-order valence-electron chi connectivity index (χ4n) is 2.30. The summed E-state index contributed by atoms with van der Waals surface area (Å²) in [4.78, 5) is 12.5. The van der Waals surface area contributed by atoms with Gasteiger partial charge in [-0.1, -0.05) is 19.9 Å². The van der Waals surface area contributed by atoms with Gasteiger partial charge in [0.2, 0.25) is 0 Å². The van der Waals surface area contributed by atoms with Crippen molar-refractivity contribution in [2.75, 3.05) is 19.8 Å². The summed E-state index contributed by atoms with van der Waals surface area (Å²) in [6.07, 6.45) is 2.82. The quantitative estimate of drug-likeness (QED) is 0.701. The van der Waals surface area contributed by atoms with Crippen molar-refractivity contribution in [2.45, 2.75) is 33.7 Å². The van der Waals surface area contributed by atoms with Gasteiger partial charge in [-0.2, -0.15) is 0 Å². The van der Waals surface area contributed by atoms with Crippen LogP contribution in [0.3, 0.4) is 0 Å². The van der Waals surface area contributed by atoms with Gasteiger partial charge in [-0.25, -0.2) is 0 Å². The van der Waals surface area contributed by atoms with Crippen molar-refractivity contribution in [2.24, 2.45) is 5.92 Å². The lowest BCUT2D eigenvalue weighted by Gasteiger charge is -2.12. The number of nitrogens with zero attached hydrogens (tertiary/aromatic N) is 1. The standard InChI is InChI=1S/C18H25NO3/c1-4-21-13-11-19-10-8-15-16(18(19)20)6-5-7-17(15)22-12-9-14(2)3/h5-8,10,14H,4,9,11-13H2,1-3H3. The predicted molar refractivity (Wildman–Crippen MR) is 89.7 cm³/mol. The highest BCUT2D eigenvalue weighted by atomic mass is 16.5. The first-order valence-corrected chi connectivity index (χ1v) is 7.96. The SMILES string of the molecule is CCOCCn1ccc2c(OCCC(C)C)cccc2c1=O. The molecule has 0 bridgehead atoms. The van der Waals surface area contributed by atoms with Crippen LogP contribution in [0, 0.1) is 5.92 Å². The third-order valence-corrected chi connectivity index (χ3v) is 3.61. The Morgan fingerprint density at radius 1 is 1.14 bits per heavy atom. The van der Waals surface area contributed by atoms with Crippen molar-refractivity contribution in [1.29, 1.82) is 0 Å². The molecule has 22 heavy (non-hydrogen) atoms. The van der Waals surface area contributed by atoms with E-state index in [-0.39, 0.29) is 5.56 Å². The summed E-state index contributed by atoms with van der Waals surface area (Å²) in [5, 5.41) is 1.57. The first-order chi connectivity index (χ1) is 10.6. The number of aromatic nitrogens is 1. The molecule has 0 spiro atoms. The molecule has 2 aromatic rings. The first kappa shape index (κ1) is 16.6. The molecule has 4 nitrogen and oxygen atoms in total. The van der Waals surface area contributed by atoms with E-state index in [1.807, 2.05) is 37.4 Å². The topological polar surface area (TPSA) is 40.5 Å². The Morgan fingerprint density at radius 2 is 1.95 bits per heavy atom. The van der Waals surface area contributed by atoms with E-state index in [1.54, 1.807) is 4.57 Å². The number of hydrogen-bond donors (Lipinski definition) is 0. The molecule has 0 unspecified atom stereocenters. The van der Waals surface area contributed by atoms with Gasteiger partial charge >= 0.3 is 0 Å². The third kappa shape index (κ3) is 4.10. The molecule has 0 aliphatic carbocycles. The molecule has 0 N–H and O–H groups in total. The van der Waals surface area contributed by atoms with Crippen LogP contribution in [0.2, 0.25) is 0 Å². The normalized spacial score (nSPS) is 11.3. The van der Waals surface area contributed by atoms with Gasteiger partial charge < -0.3 is 14.0 Å². The van der Waals surface area contributed by atoms with E-state index in [2.05, 4.69) is 13.8 Å². The zero-order chi connectivity index (χ0) is 15.9. The van der Waals surface area contributed by atoms with Gasteiger partial charge in [-0.05, 0) is 37.5 Å². The van der Waals surface area contributed by atoms with Gasteiger partial charge in [-0.15, -0.1) is 0 Å². The summed E-state index contributed by atoms with van der Waals surface area (Å²) in [5.41, 5.74) is 0.00603. The molecule has 0 fully saturated rings. The molecule has 1 aromatic heterocycles. The molecule has 1 heterocycles. The molecule has 0 aliphatic rings. The highest BCUT2D eigenvalue weighted by Crippen LogP contribution is 2.23. The maximum Gasteiger partial charge on any atom is 0.258 e. The van der Waals surface area contributed by atoms with Crippen molar-refractivity contribution in [3.8, 4) is 5.75 Å². The Balaban J connectivity index is 2.23. The molecular formula is C18H25NO3. The second-order valence-corrected chi connectivity index (χ2v) is 5.76. The summed E-state index contributed by atoms with van der Waals surface area (Å²) in [6, 6.07) is 7.60. The first-order valence-electron chi connectivity index (χ1n) is 7.96. The molecule has 0 saturated carbocycles. The van der Waals surface area contributed by atoms with E-state index in [0.717, 1.165) is 17.6 Å². The minimum atomic E-state index is 0.00603. The molecule has 2 rings (SSSR count). The van der Waals surface area contributed by atoms with Crippen molar-refractivity contribution in [1.82, 2.24) is 4.57 Å². The summed E-state index contributed by atoms with van der Waals surface area (Å²) in [6.45, 7) is 8.74. The van der Waals surface area contributed by atoms with Crippen LogP contribution in [-0.2, 0) is 11.3 Å². The van der Waals surface area contributed by atoms with E-state index >= 15 is 0 Å². The number of rotatable bonds is 8. The van der Waals surface area contributed by atoms with Crippen LogP contribution >= 0.6 is 0 Å². The number of benzene rings is 1. The largest absolute Gasteiger partial charge is 0.493 e. The average molecular weight is 303 g/mol. The lowest BCUT2D eigenvalue weighted by atomic mass is 10.1. The van der Waals surface area contributed by atoms with Gasteiger partial charge in [-0.3, -0.25) is 4.79 Å². The maximum absolute atomic E-state index is 12.5. The average Bonchev–Trinajstić information content (AvgIpc) is 2.50. The van der Waals surface area contributed by atoms with Gasteiger partial charge in [0.1, 0.15) is 5.75 Å². The minimum absolute atomic E-state index is 0.00603. The second kappa shape index (κ2) is 7.99. The zero-order valence-electron chi connectivity index (χ0n) is 13.7. The lowest BCUT2D eigenvalue weighted by molar-refractivity contribution is 0.138. The third-order valence-electron chi connectivity index (χ3n) is 3.61. The number of fused-ring (bicyclic) bond motifs is 1. The van der Waals surface area contributed by atoms with Gasteiger partial charge in [0.25, 0.3) is 5.56 Å². The minimum Gasteiger partial charge on any atom is -0.493 e. The summed E-state index contributed by atoms with van der Waals surface area (Å²) < 4.78 is 12.9. The Hall–Kier alpha value is -1.81. The highest BCUT2D eigenvalue weighted by Gasteiger charge is 2.07. The van der Waals surface area contributed by atoms with Crippen LogP contribution in [0.5, 0.6) is 5.75 Å². The van der Waals surface area contributed by atoms with Crippen molar-refractivity contribution < 1.29 is 9.47 Å². The van der Waals surface area contributed by atoms with Gasteiger partial charge in [0.15, 0.2) is 0 Å². The van der Waals surface area contributed by atoms with Gasteiger partial charge in [0.05, 0.1) is 18.6 Å². The molecule has 0 amide bonds. The number of pyridine rings is 1. The van der Waals surface area contributed by atoms with Crippen LogP contribution in [0.4, 0.5) is 0 Å². The van der Waals surface area contributed by atoms with Crippen LogP contribution in [0.1, 0.15) is 27.2 Å². The molecule has 120 valence electrons. The second-order valence-electron chi connectivity index (χ2n) is 5.76. The Labute approximate surface area is 131 Å². The van der Waals surface area contributed by atoms with Crippen molar-refractivity contribution in [3.05, 3.63) is 40.8 Å². The Bertz CT molecular complexity index is 661. The molecule has 0 atom stereocenters. The van der Waals surface area contributed by atoms with E-state index in [1.165, 1.54) is 0 Å². The van der Waals surface area contributed by atoms with Crippen molar-refractivity contribution in [3.63, 3.8) is 0 Å². The fourth-order valence-corrected chi connectivity index (χ4v) is 2.30. The molecule has 4 heteroatoms. The summed E-state index contributed by atoms with van der Waals surface area (Å²) in [7, 11) is 0. The molecule has 0 aliphatic heterocycles. The van der Waals surface area contributed by atoms with E-state index < -0.39 is 0 Å². The van der Waals surface area contributed by atoms with Crippen LogP contribution in [0.25, 0.3) is 10.8 Å². The Morgan fingerprint density at radius 3 is 2.68 bits per heavy atom. The lowest BCUT2D eigenvalue weighted by Crippen LogP contribution is -2.22. The Kier molecular flexibility index (Phi) is 6.01. The summed E-state index contributed by atoms with van der Waals surface area (Å²) in [5.74, 6) is 1.39. The highest BCUT2D eigenvalue weighted by molar-refractivity contribution is 5.87. The number of ether oxygens (including phenoxy) is 2. The number of hydrogen-bond acceptors (Lipinski definition) is 3.